The van der Waals surface area contributed by atoms with E-state index in [1.54, 1.807) is 0 Å². The second-order valence-corrected chi connectivity index (χ2v) is 8.75. The van der Waals surface area contributed by atoms with Crippen LogP contribution in [0.2, 0.25) is 0 Å². The van der Waals surface area contributed by atoms with Gasteiger partial charge in [0.1, 0.15) is 6.61 Å². The summed E-state index contributed by atoms with van der Waals surface area (Å²) in [5.41, 5.74) is 4.55. The lowest BCUT2D eigenvalue weighted by atomic mass is 9.98. The van der Waals surface area contributed by atoms with Gasteiger partial charge in [0.2, 0.25) is 0 Å². The Balaban J connectivity index is 1.35. The minimum atomic E-state index is -0.973. The van der Waals surface area contributed by atoms with Crippen LogP contribution in [0.25, 0.3) is 11.1 Å². The number of benzene rings is 2. The van der Waals surface area contributed by atoms with Crippen molar-refractivity contribution in [1.82, 2.24) is 10.6 Å². The fourth-order valence-electron chi connectivity index (χ4n) is 4.86. The first-order valence-electron chi connectivity index (χ1n) is 11.7. The van der Waals surface area contributed by atoms with Gasteiger partial charge < -0.3 is 25.2 Å². The topological polar surface area (TPSA) is 114 Å². The van der Waals surface area contributed by atoms with Gasteiger partial charge in [0, 0.05) is 18.6 Å². The summed E-state index contributed by atoms with van der Waals surface area (Å²) in [5.74, 6) is -1.44. The molecule has 0 spiro atoms. The van der Waals surface area contributed by atoms with Gasteiger partial charge in [0.05, 0.1) is 12.5 Å². The van der Waals surface area contributed by atoms with E-state index in [1.165, 1.54) is 0 Å². The Morgan fingerprint density at radius 3 is 2.35 bits per heavy atom. The van der Waals surface area contributed by atoms with Gasteiger partial charge in [0.25, 0.3) is 5.91 Å². The number of alkyl carbamates (subject to hydrolysis) is 1. The van der Waals surface area contributed by atoms with Crippen molar-refractivity contribution in [2.75, 3.05) is 13.2 Å². The second-order valence-electron chi connectivity index (χ2n) is 8.75. The number of carboxylic acids is 1. The Labute approximate surface area is 198 Å². The van der Waals surface area contributed by atoms with Gasteiger partial charge in [-0.3, -0.25) is 9.59 Å². The first-order valence-corrected chi connectivity index (χ1v) is 11.7. The van der Waals surface area contributed by atoms with Crippen LogP contribution in [0, 0.1) is 0 Å². The molecule has 2 unspecified atom stereocenters. The van der Waals surface area contributed by atoms with Crippen LogP contribution in [0.15, 0.2) is 48.5 Å². The largest absolute Gasteiger partial charge is 0.481 e. The van der Waals surface area contributed by atoms with Gasteiger partial charge in [0.15, 0.2) is 6.10 Å². The monoisotopic (exact) mass is 466 g/mol. The van der Waals surface area contributed by atoms with Crippen molar-refractivity contribution in [3.05, 3.63) is 59.7 Å². The fourth-order valence-corrected chi connectivity index (χ4v) is 4.86. The zero-order valence-electron chi connectivity index (χ0n) is 19.2. The molecule has 2 amide bonds. The standard InChI is InChI=1S/C26H30N2O6/c1-2-7-16(14-23(29)30)27-25(31)24-22(12-13-33-24)28-26(32)34-15-21-19-10-5-3-8-17(19)18-9-4-6-11-20(18)21/h3-6,8-11,16,21-22,24H,2,7,12-15H2,1H3,(H,27,31)(H,28,32)(H,29,30)/t16-,22?,24?/m0/s1. The summed E-state index contributed by atoms with van der Waals surface area (Å²) in [6.07, 6.45) is 0.121. The SMILES string of the molecule is CCC[C@@H](CC(=O)O)NC(=O)C1OCCC1NC(=O)OCC1c2ccccc2-c2ccccc21. The Hall–Kier alpha value is -3.39. The minimum Gasteiger partial charge on any atom is -0.481 e. The molecule has 1 aliphatic heterocycles. The van der Waals surface area contributed by atoms with Crippen molar-refractivity contribution in [1.29, 1.82) is 0 Å². The van der Waals surface area contributed by atoms with Crippen LogP contribution in [0.1, 0.15) is 49.7 Å². The van der Waals surface area contributed by atoms with E-state index in [2.05, 4.69) is 34.9 Å². The number of carbonyl (C=O) groups excluding carboxylic acids is 2. The fraction of sp³-hybridized carbons (Fsp3) is 0.423. The average molecular weight is 467 g/mol. The number of carboxylic acid groups (broad SMARTS) is 1. The van der Waals surface area contributed by atoms with Crippen molar-refractivity contribution in [3.8, 4) is 11.1 Å². The van der Waals surface area contributed by atoms with Crippen LogP contribution < -0.4 is 10.6 Å². The number of aliphatic carboxylic acids is 1. The number of fused-ring (bicyclic) bond motifs is 3. The highest BCUT2D eigenvalue weighted by atomic mass is 16.6. The van der Waals surface area contributed by atoms with Crippen molar-refractivity contribution in [2.45, 2.75) is 56.7 Å². The van der Waals surface area contributed by atoms with Crippen LogP contribution in [0.4, 0.5) is 4.79 Å². The van der Waals surface area contributed by atoms with Gasteiger partial charge in [-0.2, -0.15) is 0 Å². The van der Waals surface area contributed by atoms with E-state index >= 15 is 0 Å². The first-order chi connectivity index (χ1) is 16.5. The van der Waals surface area contributed by atoms with Crippen molar-refractivity contribution in [3.63, 3.8) is 0 Å². The molecule has 0 saturated carbocycles. The summed E-state index contributed by atoms with van der Waals surface area (Å²) >= 11 is 0. The molecule has 3 atom stereocenters. The molecule has 1 fully saturated rings. The molecule has 2 aromatic rings. The molecule has 1 aliphatic carbocycles. The molecule has 8 nitrogen and oxygen atoms in total. The summed E-state index contributed by atoms with van der Waals surface area (Å²) in [6.45, 7) is 2.43. The number of nitrogens with one attached hydrogen (secondary N) is 2. The molecule has 0 radical (unpaired) electrons. The average Bonchev–Trinajstić information content (AvgIpc) is 3.40. The predicted molar refractivity (Wildman–Crippen MR) is 125 cm³/mol. The van der Waals surface area contributed by atoms with Crippen molar-refractivity contribution < 1.29 is 29.0 Å². The molecule has 0 bridgehead atoms. The van der Waals surface area contributed by atoms with Crippen LogP contribution >= 0.6 is 0 Å². The van der Waals surface area contributed by atoms with Crippen LogP contribution in [0.3, 0.4) is 0 Å². The molecule has 2 aromatic carbocycles. The normalized spacial score (nSPS) is 19.7. The highest BCUT2D eigenvalue weighted by molar-refractivity contribution is 5.84. The third-order valence-electron chi connectivity index (χ3n) is 6.40. The Morgan fingerprint density at radius 2 is 1.74 bits per heavy atom. The predicted octanol–water partition coefficient (Wildman–Crippen LogP) is 3.44. The van der Waals surface area contributed by atoms with Gasteiger partial charge in [-0.15, -0.1) is 0 Å². The van der Waals surface area contributed by atoms with E-state index in [0.29, 0.717) is 19.4 Å². The van der Waals surface area contributed by atoms with Gasteiger partial charge >= 0.3 is 12.1 Å². The third kappa shape index (κ3) is 5.22. The number of rotatable bonds is 9. The van der Waals surface area contributed by atoms with E-state index in [1.807, 2.05) is 31.2 Å². The number of carbonyl (C=O) groups is 3. The van der Waals surface area contributed by atoms with E-state index in [-0.39, 0.29) is 18.9 Å². The zero-order chi connectivity index (χ0) is 24.1. The summed E-state index contributed by atoms with van der Waals surface area (Å²) < 4.78 is 11.1. The number of hydrogen-bond donors (Lipinski definition) is 3. The number of ether oxygens (including phenoxy) is 2. The van der Waals surface area contributed by atoms with Gasteiger partial charge in [-0.1, -0.05) is 61.9 Å². The van der Waals surface area contributed by atoms with E-state index in [9.17, 15) is 14.4 Å². The molecule has 34 heavy (non-hydrogen) atoms. The minimum absolute atomic E-state index is 0.0529. The molecular formula is C26H30N2O6. The smallest absolute Gasteiger partial charge is 0.407 e. The van der Waals surface area contributed by atoms with Crippen LogP contribution in [-0.2, 0) is 19.1 Å². The number of hydrogen-bond acceptors (Lipinski definition) is 5. The lowest BCUT2D eigenvalue weighted by Gasteiger charge is -2.23. The second kappa shape index (κ2) is 10.7. The van der Waals surface area contributed by atoms with Crippen LogP contribution in [0.5, 0.6) is 0 Å². The van der Waals surface area contributed by atoms with E-state index in [4.69, 9.17) is 14.6 Å². The maximum Gasteiger partial charge on any atom is 0.407 e. The Morgan fingerprint density at radius 1 is 1.09 bits per heavy atom. The zero-order valence-corrected chi connectivity index (χ0v) is 19.2. The maximum absolute atomic E-state index is 12.7. The van der Waals surface area contributed by atoms with Crippen molar-refractivity contribution >= 4 is 18.0 Å². The molecular weight excluding hydrogens is 436 g/mol. The molecule has 0 aromatic heterocycles. The molecule has 2 aliphatic rings. The lowest BCUT2D eigenvalue weighted by molar-refractivity contribution is -0.138. The molecule has 180 valence electrons. The van der Waals surface area contributed by atoms with E-state index < -0.39 is 36.2 Å². The first kappa shape index (κ1) is 23.8. The van der Waals surface area contributed by atoms with Crippen molar-refractivity contribution in [2.24, 2.45) is 0 Å². The highest BCUT2D eigenvalue weighted by Gasteiger charge is 2.37. The molecule has 4 rings (SSSR count). The maximum atomic E-state index is 12.7. The summed E-state index contributed by atoms with van der Waals surface area (Å²) in [4.78, 5) is 36.4. The Bertz CT molecular complexity index is 1010. The summed E-state index contributed by atoms with van der Waals surface area (Å²) in [6, 6.07) is 15.2. The molecule has 3 N–H and O–H groups in total. The molecule has 1 heterocycles. The van der Waals surface area contributed by atoms with Gasteiger partial charge in [-0.05, 0) is 35.1 Å². The Kier molecular flexibility index (Phi) is 7.47. The van der Waals surface area contributed by atoms with E-state index in [0.717, 1.165) is 28.7 Å². The molecule has 8 heteroatoms. The number of amides is 2. The highest BCUT2D eigenvalue weighted by Crippen LogP contribution is 2.44. The summed E-state index contributed by atoms with van der Waals surface area (Å²) in [5, 5.41) is 14.6. The molecule has 1 saturated heterocycles. The quantitative estimate of drug-likeness (QED) is 0.522. The van der Waals surface area contributed by atoms with Gasteiger partial charge in [-0.25, -0.2) is 4.79 Å². The lowest BCUT2D eigenvalue weighted by Crippen LogP contribution is -2.51. The van der Waals surface area contributed by atoms with Crippen LogP contribution in [-0.4, -0.2) is 54.5 Å². The summed E-state index contributed by atoms with van der Waals surface area (Å²) in [7, 11) is 0. The third-order valence-corrected chi connectivity index (χ3v) is 6.40.